The first-order valence-corrected chi connectivity index (χ1v) is 12.7. The van der Waals surface area contributed by atoms with Crippen LogP contribution >= 0.6 is 0 Å². The monoisotopic (exact) mass is 470 g/mol. The molecule has 2 aliphatic rings. The molecule has 4 nitrogen and oxygen atoms in total. The number of carbonyl (C=O) groups excluding carboxylic acids is 1. The van der Waals surface area contributed by atoms with E-state index in [1.165, 1.54) is 30.7 Å². The number of piperidine rings is 1. The molecule has 0 radical (unpaired) electrons. The van der Waals surface area contributed by atoms with Crippen LogP contribution in [0.3, 0.4) is 0 Å². The molecule has 0 aromatic heterocycles. The lowest BCUT2D eigenvalue weighted by atomic mass is 9.87. The summed E-state index contributed by atoms with van der Waals surface area (Å²) >= 11 is 0. The van der Waals surface area contributed by atoms with E-state index in [2.05, 4.69) is 11.8 Å². The summed E-state index contributed by atoms with van der Waals surface area (Å²) in [5, 5.41) is 0. The molecule has 2 aromatic carbocycles. The van der Waals surface area contributed by atoms with Crippen LogP contribution in [-0.2, 0) is 9.53 Å². The van der Waals surface area contributed by atoms with Crippen molar-refractivity contribution in [3.63, 3.8) is 0 Å². The maximum atomic E-state index is 14.3. The predicted octanol–water partition coefficient (Wildman–Crippen LogP) is 5.75. The number of nitrogens with zero attached hydrogens (tertiary/aromatic N) is 2. The Kier molecular flexibility index (Phi) is 8.68. The Morgan fingerprint density at radius 3 is 2.56 bits per heavy atom. The minimum atomic E-state index is -0.346. The number of amides is 1. The zero-order valence-electron chi connectivity index (χ0n) is 20.1. The van der Waals surface area contributed by atoms with Crippen molar-refractivity contribution in [3.8, 4) is 0 Å². The lowest BCUT2D eigenvalue weighted by Crippen LogP contribution is -2.45. The first kappa shape index (κ1) is 24.8. The smallest absolute Gasteiger partial charge is 0.241 e. The first-order valence-electron chi connectivity index (χ1n) is 12.7. The summed E-state index contributed by atoms with van der Waals surface area (Å²) in [6.07, 6.45) is 5.97. The molecular weight excluding hydrogens is 434 g/mol. The molecule has 2 aromatic rings. The van der Waals surface area contributed by atoms with Crippen LogP contribution in [0.15, 0.2) is 42.5 Å². The van der Waals surface area contributed by atoms with Gasteiger partial charge >= 0.3 is 0 Å². The highest BCUT2D eigenvalue weighted by atomic mass is 19.1. The lowest BCUT2D eigenvalue weighted by molar-refractivity contribution is -0.120. The van der Waals surface area contributed by atoms with Crippen LogP contribution in [0.2, 0.25) is 0 Å². The van der Waals surface area contributed by atoms with Gasteiger partial charge in [-0.15, -0.1) is 0 Å². The van der Waals surface area contributed by atoms with Crippen LogP contribution in [0, 0.1) is 17.6 Å². The average Bonchev–Trinajstić information content (AvgIpc) is 3.02. The van der Waals surface area contributed by atoms with Crippen molar-refractivity contribution in [1.82, 2.24) is 4.90 Å². The number of halogens is 2. The molecule has 2 aliphatic heterocycles. The number of likely N-dealkylation sites (tertiary alicyclic amines) is 1. The number of benzene rings is 2. The largest absolute Gasteiger partial charge is 0.381 e. The van der Waals surface area contributed by atoms with Gasteiger partial charge in [-0.25, -0.2) is 8.78 Å². The van der Waals surface area contributed by atoms with Crippen molar-refractivity contribution in [2.75, 3.05) is 44.3 Å². The zero-order valence-corrected chi connectivity index (χ0v) is 20.1. The van der Waals surface area contributed by atoms with Gasteiger partial charge in [-0.05, 0) is 86.4 Å². The van der Waals surface area contributed by atoms with Gasteiger partial charge < -0.3 is 9.64 Å². The van der Waals surface area contributed by atoms with Crippen LogP contribution in [0.25, 0.3) is 0 Å². The zero-order chi connectivity index (χ0) is 23.9. The third kappa shape index (κ3) is 6.22. The normalized spacial score (nSPS) is 21.2. The minimum absolute atomic E-state index is 0.0106. The van der Waals surface area contributed by atoms with Crippen LogP contribution in [0.4, 0.5) is 14.5 Å². The Labute approximate surface area is 201 Å². The van der Waals surface area contributed by atoms with Crippen molar-refractivity contribution >= 4 is 11.6 Å². The van der Waals surface area contributed by atoms with Gasteiger partial charge in [0.15, 0.2) is 0 Å². The highest BCUT2D eigenvalue weighted by Gasteiger charge is 2.30. The molecule has 0 saturated carbocycles. The van der Waals surface area contributed by atoms with Gasteiger partial charge in [0.2, 0.25) is 5.91 Å². The quantitative estimate of drug-likeness (QED) is 0.461. The summed E-state index contributed by atoms with van der Waals surface area (Å²) < 4.78 is 33.5. The van der Waals surface area contributed by atoms with E-state index in [-0.39, 0.29) is 23.5 Å². The summed E-state index contributed by atoms with van der Waals surface area (Å²) in [4.78, 5) is 17.5. The van der Waals surface area contributed by atoms with Gasteiger partial charge in [-0.3, -0.25) is 9.69 Å². The summed E-state index contributed by atoms with van der Waals surface area (Å²) in [6, 6.07) is 11.3. The number of fused-ring (bicyclic) bond motifs is 1. The second kappa shape index (κ2) is 11.9. The molecular formula is C28H36F2N2O2. The molecule has 34 heavy (non-hydrogen) atoms. The molecule has 1 fully saturated rings. The van der Waals surface area contributed by atoms with E-state index >= 15 is 0 Å². The second-order valence-corrected chi connectivity index (χ2v) is 9.64. The maximum Gasteiger partial charge on any atom is 0.241 e. The van der Waals surface area contributed by atoms with Gasteiger partial charge in [-0.1, -0.05) is 25.1 Å². The van der Waals surface area contributed by atoms with E-state index in [4.69, 9.17) is 4.74 Å². The molecule has 0 aliphatic carbocycles. The third-order valence-electron chi connectivity index (χ3n) is 7.09. The van der Waals surface area contributed by atoms with E-state index in [0.717, 1.165) is 69.5 Å². The molecule has 1 amide bonds. The maximum absolute atomic E-state index is 14.3. The van der Waals surface area contributed by atoms with E-state index in [1.54, 1.807) is 23.1 Å². The highest BCUT2D eigenvalue weighted by molar-refractivity contribution is 5.96. The van der Waals surface area contributed by atoms with E-state index in [1.807, 2.05) is 0 Å². The number of carbonyl (C=O) groups is 1. The molecule has 0 spiro atoms. The predicted molar refractivity (Wildman–Crippen MR) is 131 cm³/mol. The second-order valence-electron chi connectivity index (χ2n) is 9.64. The van der Waals surface area contributed by atoms with Crippen LogP contribution in [-0.4, -0.2) is 50.2 Å². The summed E-state index contributed by atoms with van der Waals surface area (Å²) in [6.45, 7) is 6.44. The van der Waals surface area contributed by atoms with Crippen LogP contribution in [0.5, 0.6) is 0 Å². The van der Waals surface area contributed by atoms with E-state index in [0.29, 0.717) is 24.7 Å². The Morgan fingerprint density at radius 2 is 1.76 bits per heavy atom. The van der Waals surface area contributed by atoms with Crippen LogP contribution in [0.1, 0.15) is 62.5 Å². The van der Waals surface area contributed by atoms with E-state index < -0.39 is 0 Å². The van der Waals surface area contributed by atoms with Crippen molar-refractivity contribution < 1.29 is 18.3 Å². The fourth-order valence-corrected chi connectivity index (χ4v) is 5.38. The summed E-state index contributed by atoms with van der Waals surface area (Å²) in [5.41, 5.74) is 2.58. The van der Waals surface area contributed by atoms with Gasteiger partial charge in [0.05, 0.1) is 12.2 Å². The van der Waals surface area contributed by atoms with Crippen molar-refractivity contribution in [2.24, 2.45) is 5.92 Å². The molecule has 0 N–H and O–H groups in total. The molecule has 2 heterocycles. The fraction of sp³-hybridized carbons (Fsp3) is 0.536. The number of anilines is 1. The topological polar surface area (TPSA) is 32.8 Å². The Morgan fingerprint density at radius 1 is 1.00 bits per heavy atom. The standard InChI is InChI=1S/C28H36F2N2O2/c1-2-16-34-17-13-21-5-3-14-31(19-21)20-28(33)32-15-4-6-25(22-7-9-23(29)10-8-22)26-12-11-24(30)18-27(26)32/h7-12,18,21,25H,2-6,13-17,19-20H2,1H3. The molecule has 6 heteroatoms. The molecule has 4 rings (SSSR count). The minimum Gasteiger partial charge on any atom is -0.381 e. The molecule has 2 atom stereocenters. The summed E-state index contributed by atoms with van der Waals surface area (Å²) in [7, 11) is 0. The Hall–Kier alpha value is -2.31. The number of ether oxygens (including phenoxy) is 1. The van der Waals surface area contributed by atoms with Gasteiger partial charge in [-0.2, -0.15) is 0 Å². The van der Waals surface area contributed by atoms with Gasteiger partial charge in [0.25, 0.3) is 0 Å². The van der Waals surface area contributed by atoms with Gasteiger partial charge in [0.1, 0.15) is 11.6 Å². The van der Waals surface area contributed by atoms with Crippen molar-refractivity contribution in [3.05, 3.63) is 65.2 Å². The third-order valence-corrected chi connectivity index (χ3v) is 7.09. The molecule has 184 valence electrons. The van der Waals surface area contributed by atoms with Crippen molar-refractivity contribution in [1.29, 1.82) is 0 Å². The molecule has 2 unspecified atom stereocenters. The summed E-state index contributed by atoms with van der Waals surface area (Å²) in [5.74, 6) is -0.0345. The van der Waals surface area contributed by atoms with Crippen LogP contribution < -0.4 is 4.90 Å². The average molecular weight is 471 g/mol. The Balaban J connectivity index is 1.47. The molecule has 0 bridgehead atoms. The fourth-order valence-electron chi connectivity index (χ4n) is 5.38. The van der Waals surface area contributed by atoms with E-state index in [9.17, 15) is 13.6 Å². The highest BCUT2D eigenvalue weighted by Crippen LogP contribution is 2.39. The van der Waals surface area contributed by atoms with Gasteiger partial charge in [0, 0.05) is 32.2 Å². The molecule has 1 saturated heterocycles. The number of hydrogen-bond acceptors (Lipinski definition) is 3. The number of hydrogen-bond donors (Lipinski definition) is 0. The van der Waals surface area contributed by atoms with Crippen molar-refractivity contribution in [2.45, 2.75) is 51.4 Å². The Bertz CT molecular complexity index is 950. The first-order chi connectivity index (χ1) is 16.5. The number of rotatable bonds is 8. The SMILES string of the molecule is CCCOCCC1CCCN(CC(=O)N2CCCC(c3ccc(F)cc3)c3ccc(F)cc32)C1. The lowest BCUT2D eigenvalue weighted by Gasteiger charge is -2.34.